The second-order valence-electron chi connectivity index (χ2n) is 7.34. The van der Waals surface area contributed by atoms with Crippen molar-refractivity contribution in [2.24, 2.45) is 5.92 Å². The van der Waals surface area contributed by atoms with Crippen molar-refractivity contribution in [1.82, 2.24) is 15.1 Å². The van der Waals surface area contributed by atoms with Crippen LogP contribution in [0, 0.1) is 5.92 Å². The van der Waals surface area contributed by atoms with Gasteiger partial charge in [0.05, 0.1) is 18.4 Å². The molecule has 24 heavy (non-hydrogen) atoms. The van der Waals surface area contributed by atoms with Gasteiger partial charge in [-0.15, -0.1) is 0 Å². The van der Waals surface area contributed by atoms with E-state index in [9.17, 15) is 4.79 Å². The topological polar surface area (TPSA) is 58.0 Å². The van der Waals surface area contributed by atoms with Gasteiger partial charge in [0, 0.05) is 39.3 Å². The molecule has 3 saturated heterocycles. The highest BCUT2D eigenvalue weighted by Gasteiger charge is 2.52. The molecule has 6 nitrogen and oxygen atoms in total. The second-order valence-corrected chi connectivity index (χ2v) is 7.34. The Kier molecular flexibility index (Phi) is 4.50. The quantitative estimate of drug-likeness (QED) is 0.896. The fourth-order valence-corrected chi connectivity index (χ4v) is 4.37. The number of ether oxygens (including phenoxy) is 1. The van der Waals surface area contributed by atoms with Gasteiger partial charge in [-0.1, -0.05) is 0 Å². The summed E-state index contributed by atoms with van der Waals surface area (Å²) in [7, 11) is 0. The maximum atomic E-state index is 12.1. The number of urea groups is 1. The standard InChI is InChI=1S/C18H27N3O3/c22-17(21-8-1-2-9-21)19-7-5-15-6-11-24-18(15)13-20(14-18)12-16-4-3-10-23-16/h3-4,10,15H,1-2,5-9,11-14H2,(H,19,22). The van der Waals surface area contributed by atoms with E-state index < -0.39 is 0 Å². The van der Waals surface area contributed by atoms with Crippen molar-refractivity contribution in [2.45, 2.75) is 37.8 Å². The first kappa shape index (κ1) is 16.0. The third kappa shape index (κ3) is 3.17. The van der Waals surface area contributed by atoms with Gasteiger partial charge in [-0.3, -0.25) is 4.90 Å². The van der Waals surface area contributed by atoms with Crippen LogP contribution in [-0.2, 0) is 11.3 Å². The van der Waals surface area contributed by atoms with Crippen LogP contribution in [0.3, 0.4) is 0 Å². The number of nitrogens with zero attached hydrogens (tertiary/aromatic N) is 2. The molecule has 0 aliphatic carbocycles. The van der Waals surface area contributed by atoms with Crippen LogP contribution >= 0.6 is 0 Å². The molecule has 1 spiro atoms. The second kappa shape index (κ2) is 6.76. The number of rotatable bonds is 5. The van der Waals surface area contributed by atoms with Gasteiger partial charge >= 0.3 is 6.03 Å². The maximum absolute atomic E-state index is 12.1. The molecule has 0 radical (unpaired) electrons. The van der Waals surface area contributed by atoms with E-state index in [0.29, 0.717) is 5.92 Å². The third-order valence-corrected chi connectivity index (χ3v) is 5.70. The van der Waals surface area contributed by atoms with Crippen LogP contribution in [0.25, 0.3) is 0 Å². The lowest BCUT2D eigenvalue weighted by Gasteiger charge is -2.50. The summed E-state index contributed by atoms with van der Waals surface area (Å²) >= 11 is 0. The van der Waals surface area contributed by atoms with E-state index >= 15 is 0 Å². The Bertz CT molecular complexity index is 548. The van der Waals surface area contributed by atoms with E-state index in [-0.39, 0.29) is 11.6 Å². The zero-order valence-corrected chi connectivity index (χ0v) is 14.2. The van der Waals surface area contributed by atoms with Crippen molar-refractivity contribution in [3.8, 4) is 0 Å². The summed E-state index contributed by atoms with van der Waals surface area (Å²) in [6.45, 7) is 6.21. The van der Waals surface area contributed by atoms with Crippen molar-refractivity contribution >= 4 is 6.03 Å². The Labute approximate surface area is 143 Å². The normalized spacial score (nSPS) is 26.0. The van der Waals surface area contributed by atoms with Crippen molar-refractivity contribution in [3.05, 3.63) is 24.2 Å². The number of hydrogen-bond acceptors (Lipinski definition) is 4. The van der Waals surface area contributed by atoms with Gasteiger partial charge in [-0.25, -0.2) is 4.79 Å². The molecule has 0 saturated carbocycles. The number of carbonyl (C=O) groups is 1. The molecule has 3 aliphatic heterocycles. The van der Waals surface area contributed by atoms with Gasteiger partial charge < -0.3 is 19.4 Å². The Hall–Kier alpha value is -1.53. The first-order valence-corrected chi connectivity index (χ1v) is 9.17. The molecule has 0 aromatic carbocycles. The van der Waals surface area contributed by atoms with Crippen LogP contribution in [0.2, 0.25) is 0 Å². The van der Waals surface area contributed by atoms with Gasteiger partial charge in [0.1, 0.15) is 5.76 Å². The smallest absolute Gasteiger partial charge is 0.317 e. The number of furan rings is 1. The van der Waals surface area contributed by atoms with E-state index in [1.54, 1.807) is 6.26 Å². The monoisotopic (exact) mass is 333 g/mol. The minimum absolute atomic E-state index is 0.00493. The molecule has 1 aromatic rings. The zero-order valence-electron chi connectivity index (χ0n) is 14.2. The summed E-state index contributed by atoms with van der Waals surface area (Å²) in [6.07, 6.45) is 6.11. The van der Waals surface area contributed by atoms with Gasteiger partial charge in [-0.05, 0) is 43.7 Å². The molecule has 6 heteroatoms. The van der Waals surface area contributed by atoms with Crippen molar-refractivity contribution in [2.75, 3.05) is 39.3 Å². The first-order valence-electron chi connectivity index (χ1n) is 9.17. The van der Waals surface area contributed by atoms with Gasteiger partial charge in [-0.2, -0.15) is 0 Å². The van der Waals surface area contributed by atoms with E-state index in [2.05, 4.69) is 10.2 Å². The predicted molar refractivity (Wildman–Crippen MR) is 89.6 cm³/mol. The van der Waals surface area contributed by atoms with Crippen molar-refractivity contribution in [1.29, 1.82) is 0 Å². The molecular weight excluding hydrogens is 306 g/mol. The average Bonchev–Trinajstić information content (AvgIpc) is 3.28. The summed E-state index contributed by atoms with van der Waals surface area (Å²) in [5.74, 6) is 1.56. The molecule has 3 fully saturated rings. The van der Waals surface area contributed by atoms with Crippen LogP contribution in [0.4, 0.5) is 4.79 Å². The molecule has 0 bridgehead atoms. The fraction of sp³-hybridized carbons (Fsp3) is 0.722. The number of carbonyl (C=O) groups excluding carboxylic acids is 1. The highest BCUT2D eigenvalue weighted by molar-refractivity contribution is 5.74. The third-order valence-electron chi connectivity index (χ3n) is 5.70. The summed E-state index contributed by atoms with van der Waals surface area (Å²) in [5, 5.41) is 3.09. The zero-order chi connectivity index (χ0) is 16.4. The Morgan fingerprint density at radius 2 is 2.17 bits per heavy atom. The van der Waals surface area contributed by atoms with E-state index in [1.807, 2.05) is 17.0 Å². The largest absolute Gasteiger partial charge is 0.468 e. The number of hydrogen-bond donors (Lipinski definition) is 1. The lowest BCUT2D eigenvalue weighted by Crippen LogP contribution is -2.64. The summed E-state index contributed by atoms with van der Waals surface area (Å²) in [5.41, 5.74) is 0.00493. The van der Waals surface area contributed by atoms with Crippen LogP contribution in [0.5, 0.6) is 0 Å². The van der Waals surface area contributed by atoms with Crippen LogP contribution in [0.15, 0.2) is 22.8 Å². The molecular formula is C18H27N3O3. The molecule has 3 aliphatic rings. The predicted octanol–water partition coefficient (Wildman–Crippen LogP) is 2.07. The molecule has 4 rings (SSSR count). The lowest BCUT2D eigenvalue weighted by molar-refractivity contribution is -0.138. The molecule has 1 N–H and O–H groups in total. The molecule has 132 valence electrons. The molecule has 1 aromatic heterocycles. The Morgan fingerprint density at radius 1 is 1.33 bits per heavy atom. The minimum atomic E-state index is 0.00493. The van der Waals surface area contributed by atoms with E-state index in [0.717, 1.165) is 77.3 Å². The van der Waals surface area contributed by atoms with E-state index in [1.165, 1.54) is 0 Å². The van der Waals surface area contributed by atoms with Crippen molar-refractivity contribution in [3.63, 3.8) is 0 Å². The number of amides is 2. The molecule has 4 heterocycles. The van der Waals surface area contributed by atoms with Gasteiger partial charge in [0.25, 0.3) is 0 Å². The summed E-state index contributed by atoms with van der Waals surface area (Å²) in [4.78, 5) is 16.4. The molecule has 2 amide bonds. The maximum Gasteiger partial charge on any atom is 0.317 e. The summed E-state index contributed by atoms with van der Waals surface area (Å²) < 4.78 is 11.5. The average molecular weight is 333 g/mol. The molecule has 1 unspecified atom stereocenters. The van der Waals surface area contributed by atoms with E-state index in [4.69, 9.17) is 9.15 Å². The Morgan fingerprint density at radius 3 is 2.92 bits per heavy atom. The number of nitrogens with one attached hydrogen (secondary N) is 1. The summed E-state index contributed by atoms with van der Waals surface area (Å²) in [6, 6.07) is 4.06. The Balaban J connectivity index is 1.22. The SMILES string of the molecule is O=C(NCCC1CCOC12CN(Cc1ccco1)C2)N1CCCC1. The highest BCUT2D eigenvalue weighted by atomic mass is 16.5. The van der Waals surface area contributed by atoms with Gasteiger partial charge in [0.15, 0.2) is 0 Å². The fourth-order valence-electron chi connectivity index (χ4n) is 4.37. The van der Waals surface area contributed by atoms with Crippen molar-refractivity contribution < 1.29 is 13.9 Å². The van der Waals surface area contributed by atoms with Gasteiger partial charge in [0.2, 0.25) is 0 Å². The number of likely N-dealkylation sites (tertiary alicyclic amines) is 2. The lowest BCUT2D eigenvalue weighted by atomic mass is 9.79. The van der Waals surface area contributed by atoms with Crippen LogP contribution in [0.1, 0.15) is 31.4 Å². The molecule has 1 atom stereocenters. The minimum Gasteiger partial charge on any atom is -0.468 e. The first-order chi connectivity index (χ1) is 11.8. The van der Waals surface area contributed by atoms with Crippen LogP contribution < -0.4 is 5.32 Å². The highest BCUT2D eigenvalue weighted by Crippen LogP contribution is 2.42. The van der Waals surface area contributed by atoms with Crippen LogP contribution in [-0.4, -0.2) is 60.8 Å².